The van der Waals surface area contributed by atoms with Crippen LogP contribution in [0.3, 0.4) is 0 Å². The number of aryl methyl sites for hydroxylation is 3. The van der Waals surface area contributed by atoms with Gasteiger partial charge in [-0.3, -0.25) is 0 Å². The normalized spacial score (nSPS) is 11.7. The zero-order valence-electron chi connectivity index (χ0n) is 10.6. The van der Waals surface area contributed by atoms with Crippen LogP contribution in [-0.4, -0.2) is 13.4 Å². The van der Waals surface area contributed by atoms with Crippen LogP contribution in [0.2, 0.25) is 0 Å². The van der Waals surface area contributed by atoms with Crippen LogP contribution in [0.25, 0.3) is 0 Å². The van der Waals surface area contributed by atoms with Crippen molar-refractivity contribution in [3.05, 3.63) is 45.4 Å². The molecule has 2 rings (SSSR count). The lowest BCUT2D eigenvalue weighted by Gasteiger charge is -2.07. The molecule has 2 aromatic rings. The number of aromatic nitrogens is 1. The van der Waals surface area contributed by atoms with Crippen LogP contribution >= 0.6 is 11.3 Å². The molecule has 0 aliphatic heterocycles. The molecular formula is C13H15NO2S2. The SMILES string of the molecule is Cc1ccc(S(=O)(=O)Cc2csc(C)n2)c(C)c1. The summed E-state index contributed by atoms with van der Waals surface area (Å²) in [6, 6.07) is 5.39. The molecule has 1 aromatic carbocycles. The van der Waals surface area contributed by atoms with Gasteiger partial charge in [0.05, 0.1) is 21.3 Å². The average molecular weight is 281 g/mol. The van der Waals surface area contributed by atoms with Crippen molar-refractivity contribution in [3.63, 3.8) is 0 Å². The molecule has 5 heteroatoms. The molecule has 1 aromatic heterocycles. The number of hydrogen-bond donors (Lipinski definition) is 0. The molecular weight excluding hydrogens is 266 g/mol. The summed E-state index contributed by atoms with van der Waals surface area (Å²) in [5.41, 5.74) is 2.48. The van der Waals surface area contributed by atoms with E-state index in [-0.39, 0.29) is 5.75 Å². The van der Waals surface area contributed by atoms with E-state index in [1.165, 1.54) is 11.3 Å². The molecule has 96 valence electrons. The molecule has 0 amide bonds. The maximum Gasteiger partial charge on any atom is 0.184 e. The number of thiazole rings is 1. The van der Waals surface area contributed by atoms with Crippen molar-refractivity contribution in [2.45, 2.75) is 31.4 Å². The minimum Gasteiger partial charge on any atom is -0.246 e. The summed E-state index contributed by atoms with van der Waals surface area (Å²) >= 11 is 1.47. The Balaban J connectivity index is 2.36. The largest absolute Gasteiger partial charge is 0.246 e. The minimum absolute atomic E-state index is 0.0265. The molecule has 0 saturated heterocycles. The van der Waals surface area contributed by atoms with Crippen molar-refractivity contribution in [1.29, 1.82) is 0 Å². The quantitative estimate of drug-likeness (QED) is 0.868. The molecule has 0 atom stereocenters. The summed E-state index contributed by atoms with van der Waals surface area (Å²) in [6.45, 7) is 5.65. The van der Waals surface area contributed by atoms with E-state index in [4.69, 9.17) is 0 Å². The van der Waals surface area contributed by atoms with E-state index >= 15 is 0 Å². The minimum atomic E-state index is -3.30. The smallest absolute Gasteiger partial charge is 0.184 e. The van der Waals surface area contributed by atoms with Gasteiger partial charge in [-0.1, -0.05) is 17.7 Å². The van der Waals surface area contributed by atoms with Crippen molar-refractivity contribution in [2.24, 2.45) is 0 Å². The fourth-order valence-corrected chi connectivity index (χ4v) is 4.13. The lowest BCUT2D eigenvalue weighted by molar-refractivity contribution is 0.594. The van der Waals surface area contributed by atoms with Gasteiger partial charge in [-0.25, -0.2) is 13.4 Å². The predicted molar refractivity (Wildman–Crippen MR) is 73.7 cm³/mol. The molecule has 0 unspecified atom stereocenters. The molecule has 3 nitrogen and oxygen atoms in total. The second kappa shape index (κ2) is 4.82. The van der Waals surface area contributed by atoms with E-state index in [9.17, 15) is 8.42 Å². The van der Waals surface area contributed by atoms with Gasteiger partial charge in [-0.2, -0.15) is 0 Å². The standard InChI is InChI=1S/C13H15NO2S2/c1-9-4-5-13(10(2)6-9)18(15,16)8-12-7-17-11(3)14-12/h4-7H,8H2,1-3H3. The van der Waals surface area contributed by atoms with E-state index in [0.717, 1.165) is 16.1 Å². The highest BCUT2D eigenvalue weighted by Crippen LogP contribution is 2.21. The topological polar surface area (TPSA) is 47.0 Å². The Labute approximate surface area is 111 Å². The second-order valence-electron chi connectivity index (χ2n) is 4.39. The summed E-state index contributed by atoms with van der Waals surface area (Å²) in [7, 11) is -3.30. The van der Waals surface area contributed by atoms with Crippen LogP contribution in [0.5, 0.6) is 0 Å². The summed E-state index contributed by atoms with van der Waals surface area (Å²) < 4.78 is 24.6. The van der Waals surface area contributed by atoms with Gasteiger partial charge in [-0.15, -0.1) is 11.3 Å². The maximum atomic E-state index is 12.3. The van der Waals surface area contributed by atoms with Crippen molar-refractivity contribution in [3.8, 4) is 0 Å². The molecule has 0 radical (unpaired) electrons. The molecule has 0 N–H and O–H groups in total. The van der Waals surface area contributed by atoms with Crippen LogP contribution in [0.1, 0.15) is 21.8 Å². The van der Waals surface area contributed by atoms with Crippen molar-refractivity contribution in [2.75, 3.05) is 0 Å². The first kappa shape index (κ1) is 13.2. The fraction of sp³-hybridized carbons (Fsp3) is 0.308. The number of benzene rings is 1. The second-order valence-corrected chi connectivity index (χ2v) is 7.41. The molecule has 1 heterocycles. The number of rotatable bonds is 3. The van der Waals surface area contributed by atoms with Gasteiger partial charge >= 0.3 is 0 Å². The Bertz CT molecular complexity index is 672. The molecule has 0 aliphatic rings. The number of nitrogens with zero attached hydrogens (tertiary/aromatic N) is 1. The fourth-order valence-electron chi connectivity index (χ4n) is 1.90. The Hall–Kier alpha value is -1.20. The number of sulfone groups is 1. The van der Waals surface area contributed by atoms with Crippen molar-refractivity contribution >= 4 is 21.2 Å². The summed E-state index contributed by atoms with van der Waals surface area (Å²) in [5.74, 6) is -0.0265. The van der Waals surface area contributed by atoms with Gasteiger partial charge < -0.3 is 0 Å². The molecule has 18 heavy (non-hydrogen) atoms. The lowest BCUT2D eigenvalue weighted by atomic mass is 10.2. The Morgan fingerprint density at radius 2 is 1.94 bits per heavy atom. The third kappa shape index (κ3) is 2.79. The van der Waals surface area contributed by atoms with E-state index in [1.807, 2.05) is 32.9 Å². The van der Waals surface area contributed by atoms with Gasteiger partial charge in [0.15, 0.2) is 9.84 Å². The van der Waals surface area contributed by atoms with E-state index in [2.05, 4.69) is 4.98 Å². The summed E-state index contributed by atoms with van der Waals surface area (Å²) in [5, 5.41) is 2.69. The van der Waals surface area contributed by atoms with Gasteiger partial charge in [0.2, 0.25) is 0 Å². The highest BCUT2D eigenvalue weighted by molar-refractivity contribution is 7.90. The average Bonchev–Trinajstić information content (AvgIpc) is 2.62. The third-order valence-electron chi connectivity index (χ3n) is 2.67. The summed E-state index contributed by atoms with van der Waals surface area (Å²) in [6.07, 6.45) is 0. The first-order valence-electron chi connectivity index (χ1n) is 5.59. The van der Waals surface area contributed by atoms with Crippen molar-refractivity contribution in [1.82, 2.24) is 4.98 Å². The van der Waals surface area contributed by atoms with Crippen molar-refractivity contribution < 1.29 is 8.42 Å². The monoisotopic (exact) mass is 281 g/mol. The molecule has 0 bridgehead atoms. The highest BCUT2D eigenvalue weighted by atomic mass is 32.2. The van der Waals surface area contributed by atoms with Crippen LogP contribution < -0.4 is 0 Å². The lowest BCUT2D eigenvalue weighted by Crippen LogP contribution is -2.07. The maximum absolute atomic E-state index is 12.3. The first-order chi connectivity index (χ1) is 8.38. The van der Waals surface area contributed by atoms with E-state index in [1.54, 1.807) is 11.4 Å². The van der Waals surface area contributed by atoms with Gasteiger partial charge in [-0.05, 0) is 32.4 Å². The van der Waals surface area contributed by atoms with Crippen LogP contribution in [0, 0.1) is 20.8 Å². The van der Waals surface area contributed by atoms with E-state index < -0.39 is 9.84 Å². The van der Waals surface area contributed by atoms with Crippen LogP contribution in [0.4, 0.5) is 0 Å². The molecule has 0 saturated carbocycles. The van der Waals surface area contributed by atoms with Gasteiger partial charge in [0.1, 0.15) is 0 Å². The Morgan fingerprint density at radius 1 is 1.22 bits per heavy atom. The van der Waals surface area contributed by atoms with Crippen LogP contribution in [-0.2, 0) is 15.6 Å². The zero-order chi connectivity index (χ0) is 13.3. The van der Waals surface area contributed by atoms with Crippen LogP contribution in [0.15, 0.2) is 28.5 Å². The number of hydrogen-bond acceptors (Lipinski definition) is 4. The zero-order valence-corrected chi connectivity index (χ0v) is 12.2. The van der Waals surface area contributed by atoms with Gasteiger partial charge in [0, 0.05) is 5.38 Å². The molecule has 0 fully saturated rings. The van der Waals surface area contributed by atoms with E-state index in [0.29, 0.717) is 10.6 Å². The highest BCUT2D eigenvalue weighted by Gasteiger charge is 2.19. The molecule has 0 spiro atoms. The first-order valence-corrected chi connectivity index (χ1v) is 8.13. The van der Waals surface area contributed by atoms with Gasteiger partial charge in [0.25, 0.3) is 0 Å². The third-order valence-corrected chi connectivity index (χ3v) is 5.30. The Kier molecular flexibility index (Phi) is 3.54. The predicted octanol–water partition coefficient (Wildman–Crippen LogP) is 3.04. The summed E-state index contributed by atoms with van der Waals surface area (Å²) in [4.78, 5) is 4.61. The Morgan fingerprint density at radius 3 is 2.50 bits per heavy atom. The molecule has 0 aliphatic carbocycles.